The van der Waals surface area contributed by atoms with Crippen molar-refractivity contribution in [1.29, 1.82) is 0 Å². The van der Waals surface area contributed by atoms with E-state index in [2.05, 4.69) is 44.4 Å². The SMILES string of the molecule is CCCC(=O)OCOc1ccc2ccc(OCCCCN3CCN(c4cccc5sccc45)CC3)cc2n1. The molecule has 5 rings (SSSR count). The number of carbonyl (C=O) groups excluding carboxylic acids is 1. The number of nitrogens with zero attached hydrogens (tertiary/aromatic N) is 3. The Labute approximate surface area is 227 Å². The molecule has 2 aromatic heterocycles. The number of hydrogen-bond donors (Lipinski definition) is 0. The molecule has 0 saturated carbocycles. The number of hydrogen-bond acceptors (Lipinski definition) is 8. The lowest BCUT2D eigenvalue weighted by molar-refractivity contribution is -0.150. The number of thiophene rings is 1. The van der Waals surface area contributed by atoms with Crippen LogP contribution in [0.15, 0.2) is 60.0 Å². The second-order valence-corrected chi connectivity index (χ2v) is 10.5. The van der Waals surface area contributed by atoms with E-state index in [1.807, 2.05) is 42.5 Å². The second-order valence-electron chi connectivity index (χ2n) is 9.53. The highest BCUT2D eigenvalue weighted by Gasteiger charge is 2.18. The summed E-state index contributed by atoms with van der Waals surface area (Å²) in [6.07, 6.45) is 3.26. The van der Waals surface area contributed by atoms with Gasteiger partial charge in [0.15, 0.2) is 0 Å². The Morgan fingerprint density at radius 1 is 1.00 bits per heavy atom. The molecule has 0 unspecified atom stereocenters. The average Bonchev–Trinajstić information content (AvgIpc) is 3.43. The van der Waals surface area contributed by atoms with Gasteiger partial charge in [-0.15, -0.1) is 11.3 Å². The summed E-state index contributed by atoms with van der Waals surface area (Å²) in [5.41, 5.74) is 2.16. The first kappa shape index (κ1) is 26.3. The van der Waals surface area contributed by atoms with Crippen molar-refractivity contribution in [2.75, 3.05) is 51.0 Å². The Kier molecular flexibility index (Phi) is 8.94. The molecule has 38 heavy (non-hydrogen) atoms. The summed E-state index contributed by atoms with van der Waals surface area (Å²) < 4.78 is 17.9. The Hall–Kier alpha value is -3.36. The van der Waals surface area contributed by atoms with Gasteiger partial charge in [-0.25, -0.2) is 4.98 Å². The standard InChI is InChI=1S/C30H35N3O4S/c1-2-6-30(34)37-22-36-29-12-10-23-9-11-24(21-26(23)31-29)35-19-4-3-14-32-15-17-33(18-16-32)27-7-5-8-28-25(27)13-20-38-28/h5,7-13,20-21H,2-4,6,14-19,22H2,1H3. The van der Waals surface area contributed by atoms with Crippen molar-refractivity contribution in [2.24, 2.45) is 0 Å². The highest BCUT2D eigenvalue weighted by atomic mass is 32.1. The quantitative estimate of drug-likeness (QED) is 0.124. The van der Waals surface area contributed by atoms with Gasteiger partial charge in [-0.2, -0.15) is 0 Å². The summed E-state index contributed by atoms with van der Waals surface area (Å²) in [5, 5.41) is 4.56. The molecule has 8 heteroatoms. The number of rotatable bonds is 12. The van der Waals surface area contributed by atoms with Crippen LogP contribution in [0.4, 0.5) is 5.69 Å². The highest BCUT2D eigenvalue weighted by molar-refractivity contribution is 7.17. The lowest BCUT2D eigenvalue weighted by Crippen LogP contribution is -2.46. The molecule has 0 bridgehead atoms. The molecule has 0 amide bonds. The first-order valence-electron chi connectivity index (χ1n) is 13.4. The van der Waals surface area contributed by atoms with Crippen molar-refractivity contribution < 1.29 is 19.0 Å². The number of benzene rings is 2. The van der Waals surface area contributed by atoms with Crippen LogP contribution in [-0.2, 0) is 9.53 Å². The highest BCUT2D eigenvalue weighted by Crippen LogP contribution is 2.31. The number of piperazine rings is 1. The Morgan fingerprint density at radius 2 is 1.87 bits per heavy atom. The summed E-state index contributed by atoms with van der Waals surface area (Å²) in [6, 6.07) is 18.5. The van der Waals surface area contributed by atoms with Gasteiger partial charge in [0.2, 0.25) is 12.7 Å². The van der Waals surface area contributed by atoms with Crippen molar-refractivity contribution in [1.82, 2.24) is 9.88 Å². The van der Waals surface area contributed by atoms with E-state index in [0.717, 1.165) is 68.6 Å². The molecule has 0 aliphatic carbocycles. The largest absolute Gasteiger partial charge is 0.494 e. The van der Waals surface area contributed by atoms with Gasteiger partial charge in [0.25, 0.3) is 0 Å². The minimum Gasteiger partial charge on any atom is -0.494 e. The lowest BCUT2D eigenvalue weighted by atomic mass is 10.2. The Morgan fingerprint density at radius 3 is 2.74 bits per heavy atom. The fourth-order valence-corrected chi connectivity index (χ4v) is 5.58. The monoisotopic (exact) mass is 533 g/mol. The number of ether oxygens (including phenoxy) is 3. The summed E-state index contributed by atoms with van der Waals surface area (Å²) in [7, 11) is 0. The molecule has 1 saturated heterocycles. The summed E-state index contributed by atoms with van der Waals surface area (Å²) >= 11 is 1.81. The second kappa shape index (κ2) is 12.9. The Bertz CT molecular complexity index is 1350. The van der Waals surface area contributed by atoms with E-state index >= 15 is 0 Å². The third kappa shape index (κ3) is 6.74. The molecule has 200 valence electrons. The van der Waals surface area contributed by atoms with Gasteiger partial charge in [0.05, 0.1) is 12.1 Å². The third-order valence-electron chi connectivity index (χ3n) is 6.84. The van der Waals surface area contributed by atoms with Crippen molar-refractivity contribution in [3.63, 3.8) is 0 Å². The van der Waals surface area contributed by atoms with Crippen LogP contribution in [0.3, 0.4) is 0 Å². The average molecular weight is 534 g/mol. The van der Waals surface area contributed by atoms with E-state index in [1.54, 1.807) is 6.07 Å². The number of unbranched alkanes of at least 4 members (excludes halogenated alkanes) is 1. The molecule has 0 N–H and O–H groups in total. The Balaban J connectivity index is 1.02. The molecule has 4 aromatic rings. The summed E-state index contributed by atoms with van der Waals surface area (Å²) in [4.78, 5) is 21.1. The maximum absolute atomic E-state index is 11.5. The number of carbonyl (C=O) groups is 1. The zero-order valence-electron chi connectivity index (χ0n) is 21.9. The van der Waals surface area contributed by atoms with E-state index < -0.39 is 0 Å². The van der Waals surface area contributed by atoms with Crippen molar-refractivity contribution in [2.45, 2.75) is 32.6 Å². The molecule has 1 aliphatic heterocycles. The van der Waals surface area contributed by atoms with Crippen LogP contribution in [0, 0.1) is 0 Å². The van der Waals surface area contributed by atoms with Crippen molar-refractivity contribution >= 4 is 44.0 Å². The molecule has 0 atom stereocenters. The van der Waals surface area contributed by atoms with Gasteiger partial charge in [-0.1, -0.05) is 13.0 Å². The van der Waals surface area contributed by atoms with Crippen molar-refractivity contribution in [3.8, 4) is 11.6 Å². The van der Waals surface area contributed by atoms with Crippen LogP contribution in [0.1, 0.15) is 32.6 Å². The predicted octanol–water partition coefficient (Wildman–Crippen LogP) is 6.11. The van der Waals surface area contributed by atoms with Gasteiger partial charge < -0.3 is 19.1 Å². The fourth-order valence-electron chi connectivity index (χ4n) is 4.77. The molecule has 1 aliphatic rings. The first-order valence-corrected chi connectivity index (χ1v) is 14.3. The predicted molar refractivity (Wildman–Crippen MR) is 153 cm³/mol. The summed E-state index contributed by atoms with van der Waals surface area (Å²) in [5.74, 6) is 0.956. The zero-order chi connectivity index (χ0) is 26.2. The van der Waals surface area contributed by atoms with E-state index in [0.29, 0.717) is 18.9 Å². The van der Waals surface area contributed by atoms with Crippen LogP contribution < -0.4 is 14.4 Å². The van der Waals surface area contributed by atoms with Gasteiger partial charge in [0, 0.05) is 65.9 Å². The molecule has 1 fully saturated rings. The van der Waals surface area contributed by atoms with Crippen LogP contribution in [0.5, 0.6) is 11.6 Å². The van der Waals surface area contributed by atoms with Gasteiger partial charge >= 0.3 is 5.97 Å². The minimum atomic E-state index is -0.266. The lowest BCUT2D eigenvalue weighted by Gasteiger charge is -2.36. The molecular formula is C30H35N3O4S. The minimum absolute atomic E-state index is 0.132. The maximum atomic E-state index is 11.5. The van der Waals surface area contributed by atoms with E-state index in [-0.39, 0.29) is 12.8 Å². The molecule has 7 nitrogen and oxygen atoms in total. The topological polar surface area (TPSA) is 64.1 Å². The molecular weight excluding hydrogens is 498 g/mol. The fraction of sp³-hybridized carbons (Fsp3) is 0.400. The van der Waals surface area contributed by atoms with E-state index in [1.165, 1.54) is 15.8 Å². The smallest absolute Gasteiger partial charge is 0.308 e. The van der Waals surface area contributed by atoms with E-state index in [9.17, 15) is 4.79 Å². The van der Waals surface area contributed by atoms with Crippen LogP contribution in [0.25, 0.3) is 21.0 Å². The first-order chi connectivity index (χ1) is 18.7. The number of fused-ring (bicyclic) bond motifs is 2. The van der Waals surface area contributed by atoms with Gasteiger partial charge in [0.1, 0.15) is 5.75 Å². The van der Waals surface area contributed by atoms with Crippen molar-refractivity contribution in [3.05, 3.63) is 60.0 Å². The number of esters is 1. The normalized spacial score (nSPS) is 14.2. The van der Waals surface area contributed by atoms with Crippen LogP contribution >= 0.6 is 11.3 Å². The molecule has 2 aromatic carbocycles. The third-order valence-corrected chi connectivity index (χ3v) is 7.72. The van der Waals surface area contributed by atoms with E-state index in [4.69, 9.17) is 14.2 Å². The van der Waals surface area contributed by atoms with Crippen LogP contribution in [-0.4, -0.2) is 62.0 Å². The molecule has 3 heterocycles. The maximum Gasteiger partial charge on any atom is 0.308 e. The molecule has 0 radical (unpaired) electrons. The number of pyridine rings is 1. The molecule has 0 spiro atoms. The number of anilines is 1. The van der Waals surface area contributed by atoms with Crippen LogP contribution in [0.2, 0.25) is 0 Å². The number of aromatic nitrogens is 1. The summed E-state index contributed by atoms with van der Waals surface area (Å²) in [6.45, 7) is 7.91. The zero-order valence-corrected chi connectivity index (χ0v) is 22.8. The van der Waals surface area contributed by atoms with Gasteiger partial charge in [-0.05, 0) is 67.6 Å². The van der Waals surface area contributed by atoms with Gasteiger partial charge in [-0.3, -0.25) is 9.69 Å².